The summed E-state index contributed by atoms with van der Waals surface area (Å²) in [6.45, 7) is 4.20. The second kappa shape index (κ2) is 6.24. The number of rotatable bonds is 6. The molecule has 1 aromatic heterocycles. The maximum Gasteiger partial charge on any atom is 0.337 e. The lowest BCUT2D eigenvalue weighted by molar-refractivity contribution is 0.0699. The van der Waals surface area contributed by atoms with Crippen molar-refractivity contribution in [2.45, 2.75) is 25.8 Å². The SMILES string of the molecule is COCC(CO)n1c(C(C)C)nc2c(C(=O)O)cccc21. The van der Waals surface area contributed by atoms with Gasteiger partial charge in [0.05, 0.1) is 30.3 Å². The summed E-state index contributed by atoms with van der Waals surface area (Å²) in [5.41, 5.74) is 1.32. The third-order valence-electron chi connectivity index (χ3n) is 3.43. The standard InChI is InChI=1S/C15H20N2O4/c1-9(2)14-16-13-11(15(19)20)5-4-6-12(13)17(14)10(7-18)8-21-3/h4-6,9-10,18H,7-8H2,1-3H3,(H,19,20). The van der Waals surface area contributed by atoms with Gasteiger partial charge in [0, 0.05) is 13.0 Å². The first-order chi connectivity index (χ1) is 10.0. The van der Waals surface area contributed by atoms with Crippen LogP contribution in [0.4, 0.5) is 0 Å². The summed E-state index contributed by atoms with van der Waals surface area (Å²) in [6.07, 6.45) is 0. The van der Waals surface area contributed by atoms with Gasteiger partial charge in [-0.3, -0.25) is 0 Å². The Balaban J connectivity index is 2.74. The second-order valence-electron chi connectivity index (χ2n) is 5.26. The summed E-state index contributed by atoms with van der Waals surface area (Å²) in [7, 11) is 1.57. The molecule has 1 atom stereocenters. The molecule has 0 saturated carbocycles. The first-order valence-corrected chi connectivity index (χ1v) is 6.85. The van der Waals surface area contributed by atoms with Gasteiger partial charge in [-0.15, -0.1) is 0 Å². The summed E-state index contributed by atoms with van der Waals surface area (Å²) in [5.74, 6) is -0.160. The number of methoxy groups -OCH3 is 1. The largest absolute Gasteiger partial charge is 0.478 e. The minimum atomic E-state index is -1.01. The maximum absolute atomic E-state index is 11.3. The van der Waals surface area contributed by atoms with E-state index in [1.165, 1.54) is 6.07 Å². The van der Waals surface area contributed by atoms with Crippen LogP contribution < -0.4 is 0 Å². The lowest BCUT2D eigenvalue weighted by Crippen LogP contribution is -2.21. The van der Waals surface area contributed by atoms with Crippen LogP contribution >= 0.6 is 0 Å². The van der Waals surface area contributed by atoms with Gasteiger partial charge in [0.25, 0.3) is 0 Å². The number of hydrogen-bond acceptors (Lipinski definition) is 4. The van der Waals surface area contributed by atoms with Crippen molar-refractivity contribution in [3.05, 3.63) is 29.6 Å². The van der Waals surface area contributed by atoms with E-state index < -0.39 is 5.97 Å². The topological polar surface area (TPSA) is 84.6 Å². The molecule has 6 nitrogen and oxygen atoms in total. The Labute approximate surface area is 123 Å². The number of aliphatic hydroxyl groups is 1. The molecule has 21 heavy (non-hydrogen) atoms. The van der Waals surface area contributed by atoms with Gasteiger partial charge in [0.1, 0.15) is 11.3 Å². The number of nitrogens with zero attached hydrogens (tertiary/aromatic N) is 2. The van der Waals surface area contributed by atoms with Gasteiger partial charge in [-0.1, -0.05) is 19.9 Å². The monoisotopic (exact) mass is 292 g/mol. The van der Waals surface area contributed by atoms with Gasteiger partial charge in [0.15, 0.2) is 0 Å². The average Bonchev–Trinajstić information content (AvgIpc) is 2.84. The van der Waals surface area contributed by atoms with Gasteiger partial charge in [-0.05, 0) is 12.1 Å². The van der Waals surface area contributed by atoms with Crippen molar-refractivity contribution >= 4 is 17.0 Å². The molecule has 0 spiro atoms. The molecule has 1 aromatic carbocycles. The maximum atomic E-state index is 11.3. The van der Waals surface area contributed by atoms with Crippen molar-refractivity contribution < 1.29 is 19.7 Å². The van der Waals surface area contributed by atoms with Gasteiger partial charge < -0.3 is 19.5 Å². The number of imidazole rings is 1. The van der Waals surface area contributed by atoms with E-state index >= 15 is 0 Å². The number of carboxylic acid groups (broad SMARTS) is 1. The number of hydrogen-bond donors (Lipinski definition) is 2. The van der Waals surface area contributed by atoms with E-state index in [4.69, 9.17) is 4.74 Å². The minimum Gasteiger partial charge on any atom is -0.478 e. The van der Waals surface area contributed by atoms with Crippen molar-refractivity contribution in [3.8, 4) is 0 Å². The van der Waals surface area contributed by atoms with Crippen molar-refractivity contribution in [2.24, 2.45) is 0 Å². The summed E-state index contributed by atoms with van der Waals surface area (Å²) in [4.78, 5) is 15.8. The zero-order valence-corrected chi connectivity index (χ0v) is 12.4. The Morgan fingerprint density at radius 2 is 2.14 bits per heavy atom. The highest BCUT2D eigenvalue weighted by Crippen LogP contribution is 2.28. The molecule has 2 rings (SSSR count). The molecule has 1 heterocycles. The van der Waals surface area contributed by atoms with Crippen molar-refractivity contribution in [3.63, 3.8) is 0 Å². The Morgan fingerprint density at radius 3 is 2.67 bits per heavy atom. The Kier molecular flexibility index (Phi) is 4.59. The predicted molar refractivity (Wildman–Crippen MR) is 78.8 cm³/mol. The van der Waals surface area contributed by atoms with E-state index in [9.17, 15) is 15.0 Å². The summed E-state index contributed by atoms with van der Waals surface area (Å²) < 4.78 is 7.04. The highest BCUT2D eigenvalue weighted by molar-refractivity contribution is 6.01. The Bertz CT molecular complexity index is 648. The fraction of sp³-hybridized carbons (Fsp3) is 0.467. The van der Waals surface area contributed by atoms with Gasteiger partial charge in [0.2, 0.25) is 0 Å². The van der Waals surface area contributed by atoms with Gasteiger partial charge in [-0.25, -0.2) is 9.78 Å². The fourth-order valence-corrected chi connectivity index (χ4v) is 2.50. The predicted octanol–water partition coefficient (Wildman–Crippen LogP) is 2.04. The molecule has 0 aliphatic rings. The van der Waals surface area contributed by atoms with Crippen molar-refractivity contribution in [1.82, 2.24) is 9.55 Å². The first-order valence-electron chi connectivity index (χ1n) is 6.85. The van der Waals surface area contributed by atoms with Crippen LogP contribution in [0.5, 0.6) is 0 Å². The van der Waals surface area contributed by atoms with Crippen LogP contribution in [0.1, 0.15) is 42.0 Å². The minimum absolute atomic E-state index is 0.101. The van der Waals surface area contributed by atoms with E-state index in [-0.39, 0.29) is 24.1 Å². The van der Waals surface area contributed by atoms with Crippen molar-refractivity contribution in [1.29, 1.82) is 0 Å². The molecule has 1 unspecified atom stereocenters. The average molecular weight is 292 g/mol. The Morgan fingerprint density at radius 1 is 1.43 bits per heavy atom. The molecule has 2 aromatic rings. The lowest BCUT2D eigenvalue weighted by atomic mass is 10.1. The quantitative estimate of drug-likeness (QED) is 0.851. The molecule has 114 valence electrons. The number of ether oxygens (including phenoxy) is 1. The van der Waals surface area contributed by atoms with Crippen LogP contribution in [0.3, 0.4) is 0 Å². The number of aliphatic hydroxyl groups excluding tert-OH is 1. The Hall–Kier alpha value is -1.92. The number of carbonyl (C=O) groups is 1. The molecule has 2 N–H and O–H groups in total. The molecular formula is C15H20N2O4. The highest BCUT2D eigenvalue weighted by atomic mass is 16.5. The van der Waals surface area contributed by atoms with Crippen LogP contribution in [-0.4, -0.2) is 46.1 Å². The normalized spacial score (nSPS) is 13.0. The molecule has 0 saturated heterocycles. The van der Waals surface area contributed by atoms with Crippen LogP contribution in [0.25, 0.3) is 11.0 Å². The van der Waals surface area contributed by atoms with Crippen LogP contribution in [0.2, 0.25) is 0 Å². The van der Waals surface area contributed by atoms with E-state index in [2.05, 4.69) is 4.98 Å². The van der Waals surface area contributed by atoms with Crippen LogP contribution in [0.15, 0.2) is 18.2 Å². The number of benzene rings is 1. The number of para-hydroxylation sites is 1. The van der Waals surface area contributed by atoms with Crippen LogP contribution in [-0.2, 0) is 4.74 Å². The van der Waals surface area contributed by atoms with E-state index in [1.54, 1.807) is 13.2 Å². The molecule has 0 bridgehead atoms. The number of aromatic nitrogens is 2. The second-order valence-corrected chi connectivity index (χ2v) is 5.26. The molecule has 0 aliphatic heterocycles. The zero-order valence-electron chi connectivity index (χ0n) is 12.4. The van der Waals surface area contributed by atoms with Crippen molar-refractivity contribution in [2.75, 3.05) is 20.3 Å². The third-order valence-corrected chi connectivity index (χ3v) is 3.43. The van der Waals surface area contributed by atoms with E-state index in [0.29, 0.717) is 17.6 Å². The highest BCUT2D eigenvalue weighted by Gasteiger charge is 2.23. The first kappa shape index (κ1) is 15.5. The molecule has 0 radical (unpaired) electrons. The molecule has 0 amide bonds. The summed E-state index contributed by atoms with van der Waals surface area (Å²) in [5, 5.41) is 18.9. The zero-order chi connectivity index (χ0) is 15.6. The molecular weight excluding hydrogens is 272 g/mol. The molecule has 6 heteroatoms. The fourth-order valence-electron chi connectivity index (χ4n) is 2.50. The smallest absolute Gasteiger partial charge is 0.337 e. The van der Waals surface area contributed by atoms with E-state index in [0.717, 1.165) is 5.82 Å². The van der Waals surface area contributed by atoms with Gasteiger partial charge >= 0.3 is 5.97 Å². The number of aromatic carboxylic acids is 1. The van der Waals surface area contributed by atoms with Crippen LogP contribution in [0, 0.1) is 0 Å². The summed E-state index contributed by atoms with van der Waals surface area (Å²) >= 11 is 0. The molecule has 0 aliphatic carbocycles. The van der Waals surface area contributed by atoms with E-state index in [1.807, 2.05) is 24.5 Å². The molecule has 0 fully saturated rings. The summed E-state index contributed by atoms with van der Waals surface area (Å²) in [6, 6.07) is 4.76. The lowest BCUT2D eigenvalue weighted by Gasteiger charge is -2.20. The number of carboxylic acids is 1. The van der Waals surface area contributed by atoms with Gasteiger partial charge in [-0.2, -0.15) is 0 Å². The number of fused-ring (bicyclic) bond motifs is 1. The third kappa shape index (κ3) is 2.77.